The van der Waals surface area contributed by atoms with Crippen molar-refractivity contribution in [2.45, 2.75) is 124 Å². The lowest BCUT2D eigenvalue weighted by molar-refractivity contribution is -0.146. The molecule has 3 rings (SSSR count). The van der Waals surface area contributed by atoms with Gasteiger partial charge in [-0.1, -0.05) is 41.5 Å². The summed E-state index contributed by atoms with van der Waals surface area (Å²) in [7, 11) is -1.82. The lowest BCUT2D eigenvalue weighted by atomic mass is 9.53. The van der Waals surface area contributed by atoms with Crippen LogP contribution < -0.4 is 0 Å². The molecule has 0 radical (unpaired) electrons. The largest absolute Gasteiger partial charge is 0.481 e. The Labute approximate surface area is 203 Å². The molecule has 4 unspecified atom stereocenters. The number of hydrogen-bond acceptors (Lipinski definition) is 3. The quantitative estimate of drug-likeness (QED) is 0.430. The van der Waals surface area contributed by atoms with Crippen molar-refractivity contribution in [3.63, 3.8) is 0 Å². The van der Waals surface area contributed by atoms with Gasteiger partial charge in [0.25, 0.3) is 0 Å². The minimum absolute atomic E-state index is 0.00749. The van der Waals surface area contributed by atoms with Gasteiger partial charge in [0.15, 0.2) is 8.32 Å². The maximum Gasteiger partial charge on any atom is 0.306 e. The molecule has 8 atom stereocenters. The molecule has 3 fully saturated rings. The number of carboxylic acids is 1. The smallest absolute Gasteiger partial charge is 0.306 e. The third kappa shape index (κ3) is 5.29. The van der Waals surface area contributed by atoms with E-state index in [2.05, 4.69) is 47.7 Å². The Morgan fingerprint density at radius 3 is 2.39 bits per heavy atom. The summed E-state index contributed by atoms with van der Waals surface area (Å²) in [5.41, 5.74) is -0.00749. The van der Waals surface area contributed by atoms with Crippen LogP contribution in [0.1, 0.15) is 99.3 Å². The molecule has 0 spiro atoms. The summed E-state index contributed by atoms with van der Waals surface area (Å²) in [4.78, 5) is 25.5. The number of carboxylic acid groups (broad SMARTS) is 1. The second-order valence-electron chi connectivity index (χ2n) is 13.6. The molecule has 3 aliphatic rings. The molecule has 0 aromatic rings. The second kappa shape index (κ2) is 9.76. The van der Waals surface area contributed by atoms with Crippen molar-refractivity contribution >= 4 is 20.1 Å². The van der Waals surface area contributed by atoms with Crippen LogP contribution >= 0.6 is 0 Å². The van der Waals surface area contributed by atoms with Crippen molar-refractivity contribution in [1.82, 2.24) is 0 Å². The maximum absolute atomic E-state index is 13.7. The van der Waals surface area contributed by atoms with Crippen molar-refractivity contribution in [3.05, 3.63) is 0 Å². The Balaban J connectivity index is 1.77. The summed E-state index contributed by atoms with van der Waals surface area (Å²) in [6, 6.07) is 0. The van der Waals surface area contributed by atoms with Gasteiger partial charge in [-0.2, -0.15) is 0 Å². The summed E-state index contributed by atoms with van der Waals surface area (Å²) in [6.45, 7) is 18.1. The number of ketones is 1. The van der Waals surface area contributed by atoms with Gasteiger partial charge >= 0.3 is 5.97 Å². The van der Waals surface area contributed by atoms with Crippen molar-refractivity contribution in [3.8, 4) is 0 Å². The van der Waals surface area contributed by atoms with E-state index in [1.807, 2.05) is 6.92 Å². The average Bonchev–Trinajstić information content (AvgIpc) is 3.05. The molecule has 33 heavy (non-hydrogen) atoms. The number of carbonyl (C=O) groups excluding carboxylic acids is 1. The van der Waals surface area contributed by atoms with Gasteiger partial charge in [0.2, 0.25) is 0 Å². The Kier molecular flexibility index (Phi) is 7.96. The molecule has 190 valence electrons. The molecule has 3 aliphatic carbocycles. The van der Waals surface area contributed by atoms with E-state index in [0.717, 1.165) is 51.4 Å². The lowest BCUT2D eigenvalue weighted by Crippen LogP contribution is -2.48. The number of carbonyl (C=O) groups is 2. The maximum atomic E-state index is 13.7. The van der Waals surface area contributed by atoms with Crippen molar-refractivity contribution in [1.29, 1.82) is 0 Å². The van der Waals surface area contributed by atoms with E-state index in [4.69, 9.17) is 4.43 Å². The van der Waals surface area contributed by atoms with Gasteiger partial charge < -0.3 is 9.53 Å². The molecule has 0 amide bonds. The van der Waals surface area contributed by atoms with Crippen molar-refractivity contribution < 1.29 is 19.1 Å². The Morgan fingerprint density at radius 1 is 1.12 bits per heavy atom. The zero-order valence-corrected chi connectivity index (χ0v) is 23.6. The Morgan fingerprint density at radius 2 is 1.79 bits per heavy atom. The fourth-order valence-corrected chi connectivity index (χ4v) is 8.92. The molecule has 0 aromatic carbocycles. The predicted octanol–water partition coefficient (Wildman–Crippen LogP) is 7.33. The summed E-state index contributed by atoms with van der Waals surface area (Å²) in [6.07, 6.45) is 9.21. The first-order valence-electron chi connectivity index (χ1n) is 13.6. The SMILES string of the molecule is CC1CCC(O[Si](C)(C)C(C)(C)C)CCCC(=O)[C@@H]2[C@@H]1CCC1(C)C([C@H](C)C(=O)O)CC[C@@H]21. The molecule has 1 N–H and O–H groups in total. The molecule has 0 aliphatic heterocycles. The minimum Gasteiger partial charge on any atom is -0.481 e. The highest BCUT2D eigenvalue weighted by molar-refractivity contribution is 6.74. The highest BCUT2D eigenvalue weighted by atomic mass is 28.4. The molecule has 0 heterocycles. The fraction of sp³-hybridized carbons (Fsp3) is 0.929. The van der Waals surface area contributed by atoms with E-state index >= 15 is 0 Å². The van der Waals surface area contributed by atoms with Gasteiger partial charge in [0.05, 0.1) is 5.92 Å². The zero-order valence-electron chi connectivity index (χ0n) is 22.6. The van der Waals surface area contributed by atoms with E-state index in [0.29, 0.717) is 30.0 Å². The standard InChI is InChI=1S/C28H50O4Si/c1-18-12-13-20(32-33(7,8)27(3,4)5)10-9-11-24(29)25-21(18)16-17-28(6)22(14-15-23(25)28)19(2)26(30)31/h18-23,25H,9-17H2,1-8H3,(H,30,31)/t18?,19-,20?,21+,22?,23-,25+,28?/m0/s1. The molecule has 0 bridgehead atoms. The van der Waals surface area contributed by atoms with Gasteiger partial charge in [-0.05, 0) is 98.6 Å². The van der Waals surface area contributed by atoms with Gasteiger partial charge in [-0.3, -0.25) is 9.59 Å². The molecule has 0 saturated heterocycles. The van der Waals surface area contributed by atoms with Gasteiger partial charge in [-0.25, -0.2) is 0 Å². The third-order valence-electron chi connectivity index (χ3n) is 10.7. The monoisotopic (exact) mass is 478 g/mol. The van der Waals surface area contributed by atoms with Crippen LogP contribution in [0.25, 0.3) is 0 Å². The molecule has 3 saturated carbocycles. The number of hydrogen-bond donors (Lipinski definition) is 1. The number of Topliss-reactive ketones (excluding diaryl/α,β-unsaturated/α-hetero) is 1. The molecular formula is C28H50O4Si. The zero-order chi connectivity index (χ0) is 24.8. The predicted molar refractivity (Wildman–Crippen MR) is 137 cm³/mol. The number of fused-ring (bicyclic) bond motifs is 3. The first-order chi connectivity index (χ1) is 15.2. The normalized spacial score (nSPS) is 39.5. The average molecular weight is 479 g/mol. The molecule has 4 nitrogen and oxygen atoms in total. The van der Waals surface area contributed by atoms with Crippen molar-refractivity contribution in [2.24, 2.45) is 40.9 Å². The fourth-order valence-electron chi connectivity index (χ4n) is 7.49. The number of aliphatic carboxylic acids is 1. The minimum atomic E-state index is -1.82. The van der Waals surface area contributed by atoms with E-state index in [1.54, 1.807) is 0 Å². The lowest BCUT2D eigenvalue weighted by Gasteiger charge is -2.51. The van der Waals surface area contributed by atoms with Crippen LogP contribution in [0, 0.1) is 40.9 Å². The first-order valence-corrected chi connectivity index (χ1v) is 16.5. The van der Waals surface area contributed by atoms with Crippen LogP contribution in [0.15, 0.2) is 0 Å². The second-order valence-corrected chi connectivity index (χ2v) is 18.3. The van der Waals surface area contributed by atoms with Crippen LogP contribution in [0.4, 0.5) is 0 Å². The topological polar surface area (TPSA) is 63.6 Å². The Hall–Kier alpha value is -0.683. The first kappa shape index (κ1) is 26.9. The molecule has 0 aromatic heterocycles. The van der Waals surface area contributed by atoms with Gasteiger partial charge in [-0.15, -0.1) is 0 Å². The summed E-state index contributed by atoms with van der Waals surface area (Å²) in [5, 5.41) is 9.91. The van der Waals surface area contributed by atoms with Crippen LogP contribution in [-0.2, 0) is 14.0 Å². The highest BCUT2D eigenvalue weighted by Crippen LogP contribution is 2.62. The van der Waals surface area contributed by atoms with Crippen LogP contribution in [0.5, 0.6) is 0 Å². The van der Waals surface area contributed by atoms with E-state index in [-0.39, 0.29) is 34.3 Å². The number of rotatable bonds is 4. The summed E-state index contributed by atoms with van der Waals surface area (Å²) >= 11 is 0. The van der Waals surface area contributed by atoms with Gasteiger partial charge in [0.1, 0.15) is 5.78 Å². The van der Waals surface area contributed by atoms with E-state index in [9.17, 15) is 14.7 Å². The highest BCUT2D eigenvalue weighted by Gasteiger charge is 2.57. The molecular weight excluding hydrogens is 428 g/mol. The Bertz CT molecular complexity index is 726. The van der Waals surface area contributed by atoms with Crippen LogP contribution in [0.3, 0.4) is 0 Å². The van der Waals surface area contributed by atoms with Crippen LogP contribution in [-0.4, -0.2) is 31.3 Å². The van der Waals surface area contributed by atoms with Crippen LogP contribution in [0.2, 0.25) is 18.1 Å². The van der Waals surface area contributed by atoms with Crippen molar-refractivity contribution in [2.75, 3.05) is 0 Å². The summed E-state index contributed by atoms with van der Waals surface area (Å²) < 4.78 is 6.81. The molecule has 5 heteroatoms. The summed E-state index contributed by atoms with van der Waals surface area (Å²) in [5.74, 6) is 1.10. The van der Waals surface area contributed by atoms with E-state index < -0.39 is 14.3 Å². The van der Waals surface area contributed by atoms with E-state index in [1.165, 1.54) is 0 Å². The third-order valence-corrected chi connectivity index (χ3v) is 15.2. The van der Waals surface area contributed by atoms with Gasteiger partial charge in [0, 0.05) is 18.4 Å².